The largest absolute Gasteiger partial charge is 0.506 e. The van der Waals surface area contributed by atoms with E-state index in [0.717, 1.165) is 17.0 Å². The minimum atomic E-state index is -0.303. The molecule has 0 saturated carbocycles. The molecule has 0 atom stereocenters. The molecule has 0 radical (unpaired) electrons. The molecule has 0 aliphatic heterocycles. The second-order valence-electron chi connectivity index (χ2n) is 5.87. The first-order chi connectivity index (χ1) is 12.6. The van der Waals surface area contributed by atoms with Gasteiger partial charge in [0.15, 0.2) is 0 Å². The van der Waals surface area contributed by atoms with Crippen LogP contribution in [0.2, 0.25) is 0 Å². The van der Waals surface area contributed by atoms with Crippen LogP contribution in [-0.2, 0) is 0 Å². The van der Waals surface area contributed by atoms with Crippen molar-refractivity contribution < 1.29 is 14.6 Å². The molecule has 0 aromatic heterocycles. The summed E-state index contributed by atoms with van der Waals surface area (Å²) in [7, 11) is 1.61. The average Bonchev–Trinajstić information content (AvgIpc) is 2.66. The molecule has 0 spiro atoms. The molecule has 5 heteroatoms. The van der Waals surface area contributed by atoms with Gasteiger partial charge in [0.1, 0.15) is 11.5 Å². The molecule has 3 N–H and O–H groups in total. The third-order valence-electron chi connectivity index (χ3n) is 3.94. The van der Waals surface area contributed by atoms with Crippen LogP contribution in [-0.4, -0.2) is 18.1 Å². The Labute approximate surface area is 152 Å². The Morgan fingerprint density at radius 1 is 0.962 bits per heavy atom. The number of hydrogen-bond acceptors (Lipinski definition) is 4. The molecule has 1 amide bonds. The van der Waals surface area contributed by atoms with Crippen molar-refractivity contribution in [1.29, 1.82) is 0 Å². The number of aryl methyl sites for hydroxylation is 1. The van der Waals surface area contributed by atoms with Gasteiger partial charge in [-0.1, -0.05) is 18.2 Å². The number of ether oxygens (including phenoxy) is 1. The van der Waals surface area contributed by atoms with Gasteiger partial charge < -0.3 is 20.5 Å². The monoisotopic (exact) mass is 348 g/mol. The van der Waals surface area contributed by atoms with E-state index in [-0.39, 0.29) is 11.7 Å². The van der Waals surface area contributed by atoms with Crippen molar-refractivity contribution in [2.75, 3.05) is 17.7 Å². The smallest absolute Gasteiger partial charge is 0.257 e. The number of hydrogen-bond donors (Lipinski definition) is 3. The fourth-order valence-corrected chi connectivity index (χ4v) is 2.56. The Morgan fingerprint density at radius 2 is 1.69 bits per heavy atom. The van der Waals surface area contributed by atoms with Gasteiger partial charge in [-0.05, 0) is 61.0 Å². The molecule has 0 aliphatic rings. The summed E-state index contributed by atoms with van der Waals surface area (Å²) in [5, 5.41) is 15.9. The molecule has 3 aromatic rings. The van der Waals surface area contributed by atoms with E-state index >= 15 is 0 Å². The molecule has 0 saturated heterocycles. The Hall–Kier alpha value is -3.47. The summed E-state index contributed by atoms with van der Waals surface area (Å²) in [5.41, 5.74) is 3.31. The summed E-state index contributed by atoms with van der Waals surface area (Å²) in [5.74, 6) is 0.489. The molecule has 26 heavy (non-hydrogen) atoms. The summed E-state index contributed by atoms with van der Waals surface area (Å²) in [6.45, 7) is 1.90. The van der Waals surface area contributed by atoms with Gasteiger partial charge in [-0.15, -0.1) is 0 Å². The van der Waals surface area contributed by atoms with Crippen LogP contribution < -0.4 is 15.4 Å². The number of amides is 1. The van der Waals surface area contributed by atoms with E-state index in [1.807, 2.05) is 43.3 Å². The number of carbonyl (C=O) groups is 1. The number of phenols is 1. The number of rotatable bonds is 5. The lowest BCUT2D eigenvalue weighted by atomic mass is 10.1. The van der Waals surface area contributed by atoms with Crippen LogP contribution in [0.3, 0.4) is 0 Å². The molecule has 0 aliphatic carbocycles. The second kappa shape index (κ2) is 7.61. The molecule has 0 unspecified atom stereocenters. The van der Waals surface area contributed by atoms with Gasteiger partial charge in [-0.25, -0.2) is 0 Å². The lowest BCUT2D eigenvalue weighted by Crippen LogP contribution is -2.14. The zero-order valence-electron chi connectivity index (χ0n) is 14.6. The van der Waals surface area contributed by atoms with Crippen molar-refractivity contribution >= 4 is 23.0 Å². The fraction of sp³-hybridized carbons (Fsp3) is 0.0952. The first-order valence-electron chi connectivity index (χ1n) is 8.18. The number of nitrogens with one attached hydrogen (secondary N) is 2. The normalized spacial score (nSPS) is 10.2. The van der Waals surface area contributed by atoms with Crippen molar-refractivity contribution in [3.8, 4) is 11.5 Å². The average molecular weight is 348 g/mol. The van der Waals surface area contributed by atoms with E-state index in [1.165, 1.54) is 0 Å². The second-order valence-corrected chi connectivity index (χ2v) is 5.87. The van der Waals surface area contributed by atoms with E-state index in [2.05, 4.69) is 10.6 Å². The third kappa shape index (κ3) is 3.95. The van der Waals surface area contributed by atoms with Crippen LogP contribution in [0.4, 0.5) is 17.1 Å². The van der Waals surface area contributed by atoms with E-state index in [1.54, 1.807) is 37.4 Å². The highest BCUT2D eigenvalue weighted by molar-refractivity contribution is 6.09. The van der Waals surface area contributed by atoms with Crippen LogP contribution in [0, 0.1) is 6.92 Å². The third-order valence-corrected chi connectivity index (χ3v) is 3.94. The summed E-state index contributed by atoms with van der Waals surface area (Å²) < 4.78 is 5.15. The van der Waals surface area contributed by atoms with Crippen LogP contribution in [0.1, 0.15) is 15.9 Å². The first-order valence-corrected chi connectivity index (χ1v) is 8.18. The zero-order chi connectivity index (χ0) is 18.5. The van der Waals surface area contributed by atoms with Gasteiger partial charge in [0.2, 0.25) is 0 Å². The first kappa shape index (κ1) is 17.4. The van der Waals surface area contributed by atoms with Crippen molar-refractivity contribution in [3.05, 3.63) is 77.9 Å². The molecule has 0 heterocycles. The summed E-state index contributed by atoms with van der Waals surface area (Å²) in [4.78, 5) is 12.7. The van der Waals surface area contributed by atoms with Crippen LogP contribution in [0.25, 0.3) is 0 Å². The number of anilines is 3. The molecule has 3 rings (SSSR count). The highest BCUT2D eigenvalue weighted by atomic mass is 16.5. The Morgan fingerprint density at radius 3 is 2.42 bits per heavy atom. The maximum absolute atomic E-state index is 12.7. The Kier molecular flexibility index (Phi) is 5.08. The van der Waals surface area contributed by atoms with Gasteiger partial charge >= 0.3 is 0 Å². The van der Waals surface area contributed by atoms with Crippen molar-refractivity contribution in [2.45, 2.75) is 6.92 Å². The molecular formula is C21H20N2O3. The number of phenolic OH excluding ortho intramolecular Hbond substituents is 1. The highest BCUT2D eigenvalue weighted by Crippen LogP contribution is 2.27. The van der Waals surface area contributed by atoms with Crippen LogP contribution >= 0.6 is 0 Å². The number of methoxy groups -OCH3 is 1. The Balaban J connectivity index is 1.83. The maximum Gasteiger partial charge on any atom is 0.257 e. The number of aromatic hydroxyl groups is 1. The van der Waals surface area contributed by atoms with Gasteiger partial charge in [0.25, 0.3) is 5.91 Å². The highest BCUT2D eigenvalue weighted by Gasteiger charge is 2.13. The zero-order valence-corrected chi connectivity index (χ0v) is 14.6. The van der Waals surface area contributed by atoms with Gasteiger partial charge in [0.05, 0.1) is 24.0 Å². The topological polar surface area (TPSA) is 70.6 Å². The maximum atomic E-state index is 12.7. The quantitative estimate of drug-likeness (QED) is 0.584. The minimum Gasteiger partial charge on any atom is -0.506 e. The van der Waals surface area contributed by atoms with E-state index < -0.39 is 0 Å². The lowest BCUT2D eigenvalue weighted by Gasteiger charge is -2.13. The number of carbonyl (C=O) groups excluding carboxylic acids is 1. The van der Waals surface area contributed by atoms with E-state index in [0.29, 0.717) is 16.9 Å². The molecule has 0 fully saturated rings. The van der Waals surface area contributed by atoms with Crippen molar-refractivity contribution in [2.24, 2.45) is 0 Å². The van der Waals surface area contributed by atoms with Crippen LogP contribution in [0.5, 0.6) is 11.5 Å². The number of para-hydroxylation sites is 1. The predicted octanol–water partition coefficient (Wildman–Crippen LogP) is 4.71. The molecule has 3 aromatic carbocycles. The minimum absolute atomic E-state index is 0.0320. The summed E-state index contributed by atoms with van der Waals surface area (Å²) in [6.07, 6.45) is 0. The SMILES string of the molecule is COc1ccc(Nc2ccccc2C(=O)Nc2cc(C)ccc2O)cc1. The standard InChI is InChI=1S/C21H20N2O3/c1-14-7-12-20(24)19(13-14)23-21(25)17-5-3-4-6-18(17)22-15-8-10-16(26-2)11-9-15/h3-13,22,24H,1-2H3,(H,23,25). The number of benzene rings is 3. The van der Waals surface area contributed by atoms with Crippen molar-refractivity contribution in [1.82, 2.24) is 0 Å². The lowest BCUT2D eigenvalue weighted by molar-refractivity contribution is 0.102. The van der Waals surface area contributed by atoms with Gasteiger partial charge in [0, 0.05) is 5.69 Å². The fourth-order valence-electron chi connectivity index (χ4n) is 2.56. The predicted molar refractivity (Wildman–Crippen MR) is 104 cm³/mol. The molecule has 0 bridgehead atoms. The van der Waals surface area contributed by atoms with E-state index in [9.17, 15) is 9.90 Å². The van der Waals surface area contributed by atoms with Gasteiger partial charge in [-0.2, -0.15) is 0 Å². The Bertz CT molecular complexity index is 921. The van der Waals surface area contributed by atoms with E-state index in [4.69, 9.17) is 4.74 Å². The summed E-state index contributed by atoms with van der Waals surface area (Å²) in [6, 6.07) is 19.7. The van der Waals surface area contributed by atoms with Crippen LogP contribution in [0.15, 0.2) is 66.7 Å². The molecule has 132 valence electrons. The molecular weight excluding hydrogens is 328 g/mol. The van der Waals surface area contributed by atoms with Crippen molar-refractivity contribution in [3.63, 3.8) is 0 Å². The summed E-state index contributed by atoms with van der Waals surface area (Å²) >= 11 is 0. The van der Waals surface area contributed by atoms with Gasteiger partial charge in [-0.3, -0.25) is 4.79 Å². The molecule has 5 nitrogen and oxygen atoms in total.